The molecule has 0 radical (unpaired) electrons. The van der Waals surface area contributed by atoms with Gasteiger partial charge in [0, 0.05) is 24.5 Å². The Labute approximate surface area is 224 Å². The fraction of sp³-hybridized carbons (Fsp3) is 0.194. The van der Waals surface area contributed by atoms with Crippen LogP contribution < -0.4 is 14.8 Å². The quantitative estimate of drug-likeness (QED) is 0.173. The zero-order chi connectivity index (χ0) is 25.9. The number of rotatable bonds is 10. The fourth-order valence-corrected chi connectivity index (χ4v) is 4.57. The molecule has 1 N–H and O–H groups in total. The summed E-state index contributed by atoms with van der Waals surface area (Å²) in [4.78, 5) is 7.41. The van der Waals surface area contributed by atoms with Crippen molar-refractivity contribution in [2.24, 2.45) is 4.99 Å². The van der Waals surface area contributed by atoms with E-state index < -0.39 is 0 Å². The monoisotopic (exact) mass is 511 g/mol. The van der Waals surface area contributed by atoms with Gasteiger partial charge in [0.15, 0.2) is 5.17 Å². The maximum Gasteiger partial charge on any atom is 0.164 e. The SMILES string of the molecule is CCSC(=Nc1ccc(Nc2ccccc2)cc1)N(Cc1ccc(OC)cc1)Cc1ccc(OC)cc1. The van der Waals surface area contributed by atoms with Crippen LogP contribution >= 0.6 is 11.8 Å². The Bertz CT molecular complexity index is 1210. The molecule has 0 spiro atoms. The third-order valence-corrected chi connectivity index (χ3v) is 6.66. The number of thioether (sulfide) groups is 1. The third kappa shape index (κ3) is 7.79. The molecule has 0 bridgehead atoms. The lowest BCUT2D eigenvalue weighted by molar-refractivity contribution is 0.405. The second-order valence-corrected chi connectivity index (χ2v) is 9.65. The molecule has 37 heavy (non-hydrogen) atoms. The van der Waals surface area contributed by atoms with Gasteiger partial charge in [-0.05, 0) is 77.5 Å². The summed E-state index contributed by atoms with van der Waals surface area (Å²) in [5.41, 5.74) is 5.40. The summed E-state index contributed by atoms with van der Waals surface area (Å²) in [6.45, 7) is 3.62. The van der Waals surface area contributed by atoms with Crippen LogP contribution in [0.1, 0.15) is 18.1 Å². The van der Waals surface area contributed by atoms with Crippen molar-refractivity contribution in [2.75, 3.05) is 25.3 Å². The standard InChI is InChI=1S/C31H33N3O2S/c1-4-37-31(33-28-16-14-27(15-17-28)32-26-8-6-5-7-9-26)34(22-24-10-18-29(35-2)19-11-24)23-25-12-20-30(36-3)21-13-25/h5-21,32H,4,22-23H2,1-3H3. The van der Waals surface area contributed by atoms with Crippen LogP contribution in [-0.4, -0.2) is 30.0 Å². The molecule has 0 aromatic heterocycles. The van der Waals surface area contributed by atoms with E-state index in [1.807, 2.05) is 42.5 Å². The average molecular weight is 512 g/mol. The van der Waals surface area contributed by atoms with E-state index in [-0.39, 0.29) is 0 Å². The number of nitrogens with one attached hydrogen (secondary N) is 1. The van der Waals surface area contributed by atoms with E-state index in [1.165, 1.54) is 11.1 Å². The van der Waals surface area contributed by atoms with Gasteiger partial charge in [-0.3, -0.25) is 0 Å². The zero-order valence-electron chi connectivity index (χ0n) is 21.6. The number of para-hydroxylation sites is 1. The minimum absolute atomic E-state index is 0.732. The molecule has 0 saturated heterocycles. The molecule has 0 atom stereocenters. The normalized spacial score (nSPS) is 11.2. The second kappa shape index (κ2) is 13.4. The minimum atomic E-state index is 0.732. The van der Waals surface area contributed by atoms with E-state index in [4.69, 9.17) is 14.5 Å². The Morgan fingerprint density at radius 1 is 0.703 bits per heavy atom. The molecule has 4 aromatic rings. The third-order valence-electron chi connectivity index (χ3n) is 5.76. The first-order chi connectivity index (χ1) is 18.2. The molecule has 0 aliphatic carbocycles. The lowest BCUT2D eigenvalue weighted by atomic mass is 10.1. The Morgan fingerprint density at radius 2 is 1.22 bits per heavy atom. The van der Waals surface area contributed by atoms with Crippen molar-refractivity contribution in [3.63, 3.8) is 0 Å². The molecule has 0 aliphatic rings. The van der Waals surface area contributed by atoms with Crippen LogP contribution in [0.4, 0.5) is 17.1 Å². The minimum Gasteiger partial charge on any atom is -0.497 e. The molecule has 5 nitrogen and oxygen atoms in total. The molecule has 4 rings (SSSR count). The molecule has 0 saturated carbocycles. The topological polar surface area (TPSA) is 46.1 Å². The van der Waals surface area contributed by atoms with Gasteiger partial charge in [0.05, 0.1) is 19.9 Å². The lowest BCUT2D eigenvalue weighted by Crippen LogP contribution is -2.28. The van der Waals surface area contributed by atoms with Gasteiger partial charge in [0.25, 0.3) is 0 Å². The number of aliphatic imine (C=N–C) groups is 1. The Balaban J connectivity index is 1.59. The Morgan fingerprint density at radius 3 is 1.70 bits per heavy atom. The van der Waals surface area contributed by atoms with Gasteiger partial charge in [-0.1, -0.05) is 61.2 Å². The maximum absolute atomic E-state index is 5.35. The number of anilines is 2. The highest BCUT2D eigenvalue weighted by molar-refractivity contribution is 8.13. The number of nitrogens with zero attached hydrogens (tertiary/aromatic N) is 2. The first-order valence-electron chi connectivity index (χ1n) is 12.3. The van der Waals surface area contributed by atoms with Gasteiger partial charge in [0.2, 0.25) is 0 Å². The molecule has 0 amide bonds. The molecule has 190 valence electrons. The van der Waals surface area contributed by atoms with E-state index in [1.54, 1.807) is 26.0 Å². The predicted molar refractivity (Wildman–Crippen MR) is 157 cm³/mol. The van der Waals surface area contributed by atoms with E-state index in [2.05, 4.69) is 77.8 Å². The molecule has 0 unspecified atom stereocenters. The van der Waals surface area contributed by atoms with Crippen molar-refractivity contribution in [3.05, 3.63) is 114 Å². The van der Waals surface area contributed by atoms with Gasteiger partial charge in [-0.15, -0.1) is 0 Å². The van der Waals surface area contributed by atoms with E-state index in [9.17, 15) is 0 Å². The second-order valence-electron chi connectivity index (χ2n) is 8.42. The fourth-order valence-electron chi connectivity index (χ4n) is 3.84. The molecule has 6 heteroatoms. The highest BCUT2D eigenvalue weighted by Crippen LogP contribution is 2.25. The number of methoxy groups -OCH3 is 2. The van der Waals surface area contributed by atoms with Crippen LogP contribution in [0.15, 0.2) is 108 Å². The lowest BCUT2D eigenvalue weighted by Gasteiger charge is -2.26. The van der Waals surface area contributed by atoms with Gasteiger partial charge in [0.1, 0.15) is 11.5 Å². The van der Waals surface area contributed by atoms with E-state index in [0.717, 1.165) is 52.6 Å². The smallest absolute Gasteiger partial charge is 0.164 e. The van der Waals surface area contributed by atoms with E-state index in [0.29, 0.717) is 0 Å². The number of hydrogen-bond donors (Lipinski definition) is 1. The summed E-state index contributed by atoms with van der Waals surface area (Å²) in [7, 11) is 3.38. The Hall–Kier alpha value is -3.90. The molecule has 0 aliphatic heterocycles. The van der Waals surface area contributed by atoms with Gasteiger partial charge in [-0.2, -0.15) is 0 Å². The van der Waals surface area contributed by atoms with E-state index >= 15 is 0 Å². The van der Waals surface area contributed by atoms with Gasteiger partial charge < -0.3 is 19.7 Å². The van der Waals surface area contributed by atoms with Crippen molar-refractivity contribution in [3.8, 4) is 11.5 Å². The maximum atomic E-state index is 5.35. The average Bonchev–Trinajstić information content (AvgIpc) is 2.95. The van der Waals surface area contributed by atoms with Gasteiger partial charge >= 0.3 is 0 Å². The highest BCUT2D eigenvalue weighted by Gasteiger charge is 2.14. The summed E-state index contributed by atoms with van der Waals surface area (Å²) in [6, 6.07) is 34.9. The first kappa shape index (κ1) is 26.2. The van der Waals surface area contributed by atoms with Crippen molar-refractivity contribution < 1.29 is 9.47 Å². The zero-order valence-corrected chi connectivity index (χ0v) is 22.4. The molecule has 0 heterocycles. The summed E-state index contributed by atoms with van der Waals surface area (Å²) in [5, 5.41) is 4.42. The van der Waals surface area contributed by atoms with Crippen molar-refractivity contribution >= 4 is 34.0 Å². The summed E-state index contributed by atoms with van der Waals surface area (Å²) >= 11 is 1.75. The van der Waals surface area contributed by atoms with Crippen molar-refractivity contribution in [1.29, 1.82) is 0 Å². The highest BCUT2D eigenvalue weighted by atomic mass is 32.2. The van der Waals surface area contributed by atoms with Crippen LogP contribution in [-0.2, 0) is 13.1 Å². The van der Waals surface area contributed by atoms with Crippen LogP contribution in [0.2, 0.25) is 0 Å². The summed E-state index contributed by atoms with van der Waals surface area (Å²) in [6.07, 6.45) is 0. The molecular weight excluding hydrogens is 478 g/mol. The predicted octanol–water partition coefficient (Wildman–Crippen LogP) is 7.89. The summed E-state index contributed by atoms with van der Waals surface area (Å²) in [5.74, 6) is 2.63. The van der Waals surface area contributed by atoms with Gasteiger partial charge in [-0.25, -0.2) is 4.99 Å². The van der Waals surface area contributed by atoms with Crippen molar-refractivity contribution in [1.82, 2.24) is 4.90 Å². The molecule has 0 fully saturated rings. The first-order valence-corrected chi connectivity index (χ1v) is 13.3. The Kier molecular flexibility index (Phi) is 9.49. The van der Waals surface area contributed by atoms with Crippen LogP contribution in [0, 0.1) is 0 Å². The number of benzene rings is 4. The van der Waals surface area contributed by atoms with Crippen LogP contribution in [0.5, 0.6) is 11.5 Å². The number of hydrogen-bond acceptors (Lipinski definition) is 5. The number of amidine groups is 1. The van der Waals surface area contributed by atoms with Crippen LogP contribution in [0.25, 0.3) is 0 Å². The van der Waals surface area contributed by atoms with Crippen LogP contribution in [0.3, 0.4) is 0 Å². The molecule has 4 aromatic carbocycles. The molecular formula is C31H33N3O2S. The largest absolute Gasteiger partial charge is 0.497 e. The van der Waals surface area contributed by atoms with Crippen molar-refractivity contribution in [2.45, 2.75) is 20.0 Å². The summed E-state index contributed by atoms with van der Waals surface area (Å²) < 4.78 is 10.7. The number of ether oxygens (including phenoxy) is 2.